The van der Waals surface area contributed by atoms with Crippen LogP contribution in [0.15, 0.2) is 36.5 Å². The minimum Gasteiger partial charge on any atom is -0.497 e. The number of amides is 4. The molecule has 15 nitrogen and oxygen atoms in total. The Morgan fingerprint density at radius 2 is 1.88 bits per heavy atom. The number of carbonyl (C=O) groups excluding carboxylic acids is 3. The van der Waals surface area contributed by atoms with Crippen LogP contribution in [0.3, 0.4) is 0 Å². The zero-order valence-corrected chi connectivity index (χ0v) is 28.4. The summed E-state index contributed by atoms with van der Waals surface area (Å²) in [6.07, 6.45) is 6.22. The first-order valence-corrected chi connectivity index (χ1v) is 18.2. The number of aromatic nitrogens is 2. The number of nitrogens with one attached hydrogen (secondary N) is 3. The van der Waals surface area contributed by atoms with E-state index in [-0.39, 0.29) is 31.2 Å². The van der Waals surface area contributed by atoms with E-state index in [2.05, 4.69) is 25.3 Å². The number of hydrogen-bond acceptors (Lipinski definition) is 10. The van der Waals surface area contributed by atoms with Crippen molar-refractivity contribution in [3.8, 4) is 11.6 Å². The van der Waals surface area contributed by atoms with E-state index in [1.807, 2.05) is 19.1 Å². The summed E-state index contributed by atoms with van der Waals surface area (Å²) in [6, 6.07) is 2.89. The molecule has 1 aromatic carbocycles. The fraction of sp³-hybridized carbons (Fsp3) is 0.576. The van der Waals surface area contributed by atoms with Gasteiger partial charge < -0.3 is 30.1 Å². The van der Waals surface area contributed by atoms with E-state index < -0.39 is 74.7 Å². The summed E-state index contributed by atoms with van der Waals surface area (Å²) >= 11 is 0. The molecule has 4 amide bonds. The van der Waals surface area contributed by atoms with Crippen LogP contribution in [0.2, 0.25) is 0 Å². The zero-order valence-electron chi connectivity index (χ0n) is 27.6. The number of benzene rings is 1. The Balaban J connectivity index is 1.31. The third-order valence-electron chi connectivity index (χ3n) is 9.93. The molecule has 7 atom stereocenters. The molecule has 0 spiro atoms. The van der Waals surface area contributed by atoms with Crippen LogP contribution in [0, 0.1) is 17.8 Å². The molecule has 4 aliphatic rings. The van der Waals surface area contributed by atoms with Crippen LogP contribution in [0.1, 0.15) is 58.8 Å². The van der Waals surface area contributed by atoms with Crippen molar-refractivity contribution in [2.45, 2.75) is 87.8 Å². The van der Waals surface area contributed by atoms with Crippen molar-refractivity contribution in [3.63, 3.8) is 0 Å². The highest BCUT2D eigenvalue weighted by Crippen LogP contribution is 2.46. The predicted octanol–water partition coefficient (Wildman–Crippen LogP) is 2.12. The van der Waals surface area contributed by atoms with Gasteiger partial charge in [-0.1, -0.05) is 32.4 Å². The topological polar surface area (TPSA) is 206 Å². The summed E-state index contributed by atoms with van der Waals surface area (Å²) in [5.41, 5.74) is -0.416. The van der Waals surface area contributed by atoms with E-state index in [9.17, 15) is 32.7 Å². The normalized spacial score (nSPS) is 31.3. The van der Waals surface area contributed by atoms with Crippen molar-refractivity contribution in [2.75, 3.05) is 13.7 Å². The van der Waals surface area contributed by atoms with Crippen LogP contribution < -0.4 is 24.8 Å². The highest BCUT2D eigenvalue weighted by Gasteiger charge is 2.62. The maximum absolute atomic E-state index is 14.2. The second-order valence-corrected chi connectivity index (χ2v) is 15.6. The molecule has 1 saturated heterocycles. The summed E-state index contributed by atoms with van der Waals surface area (Å²) in [4.78, 5) is 64.0. The molecular formula is C33H42N6O9S. The van der Waals surface area contributed by atoms with Crippen LogP contribution in [0.4, 0.5) is 4.79 Å². The Kier molecular flexibility index (Phi) is 9.44. The van der Waals surface area contributed by atoms with Crippen molar-refractivity contribution >= 4 is 44.9 Å². The highest BCUT2D eigenvalue weighted by molar-refractivity contribution is 7.91. The van der Waals surface area contributed by atoms with Gasteiger partial charge in [-0.3, -0.25) is 19.1 Å². The van der Waals surface area contributed by atoms with E-state index in [4.69, 9.17) is 9.47 Å². The van der Waals surface area contributed by atoms with Gasteiger partial charge in [0.25, 0.3) is 5.91 Å². The van der Waals surface area contributed by atoms with E-state index in [0.717, 1.165) is 6.42 Å². The van der Waals surface area contributed by atoms with Crippen LogP contribution >= 0.6 is 0 Å². The molecule has 0 bridgehead atoms. The highest BCUT2D eigenvalue weighted by atomic mass is 32.2. The molecular weight excluding hydrogens is 656 g/mol. The van der Waals surface area contributed by atoms with Crippen LogP contribution in [0.25, 0.3) is 11.0 Å². The van der Waals surface area contributed by atoms with Crippen molar-refractivity contribution in [1.29, 1.82) is 0 Å². The number of carbonyl (C=O) groups is 4. The molecule has 264 valence electrons. The van der Waals surface area contributed by atoms with E-state index in [1.165, 1.54) is 18.2 Å². The van der Waals surface area contributed by atoms with Gasteiger partial charge in [0.15, 0.2) is 0 Å². The summed E-state index contributed by atoms with van der Waals surface area (Å²) in [7, 11) is -2.37. The van der Waals surface area contributed by atoms with E-state index >= 15 is 0 Å². The number of rotatable bonds is 7. The summed E-state index contributed by atoms with van der Waals surface area (Å²) in [5.74, 6) is -2.13. The molecule has 3 fully saturated rings. The van der Waals surface area contributed by atoms with Gasteiger partial charge in [0.1, 0.15) is 29.5 Å². The number of hydrogen-bond donors (Lipinski definition) is 4. The van der Waals surface area contributed by atoms with Gasteiger partial charge in [-0.25, -0.2) is 23.2 Å². The predicted molar refractivity (Wildman–Crippen MR) is 176 cm³/mol. The lowest BCUT2D eigenvalue weighted by atomic mass is 9.92. The standard InChI is InChI=1S/C33H42N6O9S/c1-18-5-4-6-19(2)28(36-32(43)44)30(41)39-17-22(48-27-16-34-24-12-9-21(47-3)13-25(24)35-27)14-26(39)29(40)37-33(15-20(33)8-7-18)31(42)38-49(45,46)23-10-11-23/h7-9,12-13,16,18-20,22-23,26,28,36H,4-6,10-11,14-15,17H2,1-3H3,(H,37,40)(H,38,42)(H,43,44)/b8-7-/t18-,19+,20+,22+,26-,28-,33+/m0/s1. The lowest BCUT2D eigenvalue weighted by Crippen LogP contribution is -2.59. The number of carboxylic acid groups (broad SMARTS) is 1. The second-order valence-electron chi connectivity index (χ2n) is 13.7. The molecule has 2 saturated carbocycles. The molecule has 49 heavy (non-hydrogen) atoms. The van der Waals surface area contributed by atoms with Gasteiger partial charge >= 0.3 is 6.09 Å². The van der Waals surface area contributed by atoms with Crippen LogP contribution in [-0.2, 0) is 24.4 Å². The van der Waals surface area contributed by atoms with Gasteiger partial charge in [-0.15, -0.1) is 0 Å². The number of fused-ring (bicyclic) bond motifs is 3. The SMILES string of the molecule is COc1ccc2ncc(O[C@@H]3C[C@H]4C(=O)N[C@]5(C(=O)NS(=O)(=O)C6CC6)C[C@H]5/C=C\[C@@H](C)CCC[C@@H](C)[C@H](NC(=O)O)C(=O)N4C3)nc2c1. The van der Waals surface area contributed by atoms with Gasteiger partial charge in [0, 0.05) is 18.4 Å². The molecule has 4 N–H and O–H groups in total. The largest absolute Gasteiger partial charge is 0.497 e. The Morgan fingerprint density at radius 3 is 2.59 bits per heavy atom. The molecule has 0 unspecified atom stereocenters. The number of allylic oxidation sites excluding steroid dienone is 1. The maximum Gasteiger partial charge on any atom is 0.405 e. The van der Waals surface area contributed by atoms with Gasteiger partial charge in [-0.2, -0.15) is 0 Å². The van der Waals surface area contributed by atoms with Crippen molar-refractivity contribution < 1.29 is 42.2 Å². The molecule has 1 aromatic heterocycles. The second kappa shape index (κ2) is 13.4. The van der Waals surface area contributed by atoms with Gasteiger partial charge in [-0.05, 0) is 56.1 Å². The lowest BCUT2D eigenvalue weighted by Gasteiger charge is -2.31. The molecule has 16 heteroatoms. The lowest BCUT2D eigenvalue weighted by molar-refractivity contribution is -0.142. The molecule has 2 aromatic rings. The average molecular weight is 699 g/mol. The van der Waals surface area contributed by atoms with Gasteiger partial charge in [0.05, 0.1) is 36.1 Å². The van der Waals surface area contributed by atoms with Crippen molar-refractivity contribution in [3.05, 3.63) is 36.5 Å². The monoisotopic (exact) mass is 698 g/mol. The van der Waals surface area contributed by atoms with Crippen molar-refractivity contribution in [2.24, 2.45) is 17.8 Å². The number of methoxy groups -OCH3 is 1. The Bertz CT molecular complexity index is 1780. The Morgan fingerprint density at radius 1 is 1.10 bits per heavy atom. The zero-order chi connectivity index (χ0) is 35.1. The number of sulfonamides is 1. The van der Waals surface area contributed by atoms with E-state index in [1.54, 1.807) is 25.1 Å². The molecule has 2 aliphatic heterocycles. The Labute approximate surface area is 284 Å². The molecule has 3 heterocycles. The molecule has 2 aliphatic carbocycles. The minimum absolute atomic E-state index is 0.000808. The third-order valence-corrected chi connectivity index (χ3v) is 11.8. The first-order valence-electron chi connectivity index (χ1n) is 16.6. The summed E-state index contributed by atoms with van der Waals surface area (Å²) in [5, 5.41) is 14.2. The summed E-state index contributed by atoms with van der Waals surface area (Å²) in [6.45, 7) is 3.73. The van der Waals surface area contributed by atoms with Crippen molar-refractivity contribution in [1.82, 2.24) is 30.2 Å². The average Bonchev–Trinajstić information content (AvgIpc) is 3.98. The van der Waals surface area contributed by atoms with Gasteiger partial charge in [0.2, 0.25) is 27.7 Å². The number of ether oxygens (including phenoxy) is 2. The fourth-order valence-electron chi connectivity index (χ4n) is 6.78. The minimum atomic E-state index is -3.90. The maximum atomic E-state index is 14.2. The Hall–Kier alpha value is -4.47. The van der Waals surface area contributed by atoms with Crippen LogP contribution in [-0.4, -0.2) is 94.8 Å². The fourth-order valence-corrected chi connectivity index (χ4v) is 8.14. The summed E-state index contributed by atoms with van der Waals surface area (Å²) < 4.78 is 39.1. The first kappa shape index (κ1) is 34.4. The van der Waals surface area contributed by atoms with E-state index in [0.29, 0.717) is 42.5 Å². The third kappa shape index (κ3) is 7.43. The molecule has 6 rings (SSSR count). The molecule has 0 radical (unpaired) electrons. The smallest absolute Gasteiger partial charge is 0.405 e. The van der Waals surface area contributed by atoms with Crippen LogP contribution in [0.5, 0.6) is 11.6 Å². The first-order chi connectivity index (χ1) is 23.3. The quantitative estimate of drug-likeness (QED) is 0.308. The number of nitrogens with zero attached hydrogens (tertiary/aromatic N) is 3.